The Hall–Kier alpha value is -2.15. The van der Waals surface area contributed by atoms with Crippen LogP contribution >= 0.6 is 11.6 Å². The van der Waals surface area contributed by atoms with Gasteiger partial charge in [-0.1, -0.05) is 54.8 Å². The van der Waals surface area contributed by atoms with E-state index in [1.165, 1.54) is 6.08 Å². The lowest BCUT2D eigenvalue weighted by Crippen LogP contribution is -2.37. The standard InChI is InChI=1S/C22H25ClN2O3S/c1-2-15-24-29(27,28)16-17-5-11-20(12-6-17)25-21(26)22(13-3-4-14-22)18-7-9-19(23)10-8-18/h2,5-12,24H,1,3-4,13-16H2,(H,25,26). The van der Waals surface area contributed by atoms with Crippen LogP contribution in [0.2, 0.25) is 5.02 Å². The predicted octanol–water partition coefficient (Wildman–Crippen LogP) is 4.40. The number of carbonyl (C=O) groups excluding carboxylic acids is 1. The second-order valence-electron chi connectivity index (χ2n) is 7.34. The van der Waals surface area contributed by atoms with Crippen molar-refractivity contribution in [2.24, 2.45) is 0 Å². The summed E-state index contributed by atoms with van der Waals surface area (Å²) in [4.78, 5) is 13.2. The second-order valence-corrected chi connectivity index (χ2v) is 9.59. The van der Waals surface area contributed by atoms with Crippen LogP contribution in [-0.2, 0) is 26.0 Å². The zero-order chi connectivity index (χ0) is 20.9. The van der Waals surface area contributed by atoms with Gasteiger partial charge in [0.2, 0.25) is 15.9 Å². The van der Waals surface area contributed by atoms with Crippen LogP contribution in [0, 0.1) is 0 Å². The van der Waals surface area contributed by atoms with Crippen molar-refractivity contribution in [2.45, 2.75) is 36.9 Å². The van der Waals surface area contributed by atoms with Crippen LogP contribution in [-0.4, -0.2) is 20.9 Å². The Bertz CT molecular complexity index is 964. The van der Waals surface area contributed by atoms with E-state index >= 15 is 0 Å². The van der Waals surface area contributed by atoms with Crippen LogP contribution in [0.25, 0.3) is 0 Å². The topological polar surface area (TPSA) is 75.3 Å². The maximum absolute atomic E-state index is 13.2. The van der Waals surface area contributed by atoms with Crippen molar-refractivity contribution in [1.82, 2.24) is 4.72 Å². The van der Waals surface area contributed by atoms with E-state index in [0.717, 1.165) is 31.2 Å². The van der Waals surface area contributed by atoms with Gasteiger partial charge in [0.1, 0.15) is 0 Å². The van der Waals surface area contributed by atoms with Crippen molar-refractivity contribution in [3.63, 3.8) is 0 Å². The van der Waals surface area contributed by atoms with Crippen molar-refractivity contribution in [3.8, 4) is 0 Å². The van der Waals surface area contributed by atoms with E-state index in [9.17, 15) is 13.2 Å². The first kappa shape index (κ1) is 21.6. The predicted molar refractivity (Wildman–Crippen MR) is 117 cm³/mol. The highest BCUT2D eigenvalue weighted by molar-refractivity contribution is 7.88. The molecule has 29 heavy (non-hydrogen) atoms. The molecule has 1 aliphatic carbocycles. The molecule has 2 aromatic rings. The van der Waals surface area contributed by atoms with Gasteiger partial charge in [-0.05, 0) is 48.2 Å². The molecule has 1 saturated carbocycles. The Balaban J connectivity index is 1.72. The van der Waals surface area contributed by atoms with Crippen LogP contribution in [0.15, 0.2) is 61.2 Å². The molecule has 3 rings (SSSR count). The van der Waals surface area contributed by atoms with Gasteiger partial charge in [0, 0.05) is 17.3 Å². The van der Waals surface area contributed by atoms with Gasteiger partial charge >= 0.3 is 0 Å². The lowest BCUT2D eigenvalue weighted by atomic mass is 9.78. The van der Waals surface area contributed by atoms with E-state index in [-0.39, 0.29) is 18.2 Å². The number of amides is 1. The Morgan fingerprint density at radius 3 is 2.28 bits per heavy atom. The minimum atomic E-state index is -3.41. The minimum Gasteiger partial charge on any atom is -0.325 e. The molecule has 5 nitrogen and oxygen atoms in total. The molecule has 2 N–H and O–H groups in total. The number of hydrogen-bond donors (Lipinski definition) is 2. The molecule has 0 heterocycles. The van der Waals surface area contributed by atoms with E-state index < -0.39 is 15.4 Å². The van der Waals surface area contributed by atoms with Crippen LogP contribution in [0.5, 0.6) is 0 Å². The van der Waals surface area contributed by atoms with Gasteiger partial charge in [0.05, 0.1) is 11.2 Å². The average molecular weight is 433 g/mol. The summed E-state index contributed by atoms with van der Waals surface area (Å²) in [7, 11) is -3.41. The molecular weight excluding hydrogens is 408 g/mol. The molecule has 0 unspecified atom stereocenters. The van der Waals surface area contributed by atoms with Gasteiger partial charge in [-0.25, -0.2) is 13.1 Å². The summed E-state index contributed by atoms with van der Waals surface area (Å²) >= 11 is 6.01. The first-order chi connectivity index (χ1) is 13.8. The van der Waals surface area contributed by atoms with Crippen molar-refractivity contribution >= 4 is 33.2 Å². The van der Waals surface area contributed by atoms with Gasteiger partial charge in [-0.2, -0.15) is 0 Å². The third-order valence-electron chi connectivity index (χ3n) is 5.30. The van der Waals surface area contributed by atoms with E-state index in [1.807, 2.05) is 24.3 Å². The van der Waals surface area contributed by atoms with Gasteiger partial charge in [0.15, 0.2) is 0 Å². The molecule has 0 radical (unpaired) electrons. The van der Waals surface area contributed by atoms with Crippen LogP contribution in [0.3, 0.4) is 0 Å². The summed E-state index contributed by atoms with van der Waals surface area (Å²) in [5.41, 5.74) is 1.72. The maximum Gasteiger partial charge on any atom is 0.235 e. The van der Waals surface area contributed by atoms with Crippen molar-refractivity contribution < 1.29 is 13.2 Å². The summed E-state index contributed by atoms with van der Waals surface area (Å²) < 4.78 is 26.4. The van der Waals surface area contributed by atoms with Crippen molar-refractivity contribution in [1.29, 1.82) is 0 Å². The Kier molecular flexibility index (Phi) is 6.77. The first-order valence-electron chi connectivity index (χ1n) is 9.59. The van der Waals surface area contributed by atoms with Gasteiger partial charge in [0.25, 0.3) is 0 Å². The molecular formula is C22H25ClN2O3S. The highest BCUT2D eigenvalue weighted by Gasteiger charge is 2.42. The van der Waals surface area contributed by atoms with Crippen LogP contribution in [0.1, 0.15) is 36.8 Å². The minimum absolute atomic E-state index is 0.0367. The molecule has 0 aromatic heterocycles. The number of benzene rings is 2. The van der Waals surface area contributed by atoms with Gasteiger partial charge < -0.3 is 5.32 Å². The molecule has 1 amide bonds. The maximum atomic E-state index is 13.2. The Labute approximate surface area is 177 Å². The summed E-state index contributed by atoms with van der Waals surface area (Å²) in [6.45, 7) is 3.70. The summed E-state index contributed by atoms with van der Waals surface area (Å²) in [5, 5.41) is 3.66. The molecule has 154 valence electrons. The number of rotatable bonds is 8. The SMILES string of the molecule is C=CCNS(=O)(=O)Cc1ccc(NC(=O)C2(c3ccc(Cl)cc3)CCCC2)cc1. The fourth-order valence-electron chi connectivity index (χ4n) is 3.79. The van der Waals surface area contributed by atoms with E-state index in [2.05, 4.69) is 16.6 Å². The Morgan fingerprint density at radius 1 is 1.07 bits per heavy atom. The van der Waals surface area contributed by atoms with Crippen LogP contribution < -0.4 is 10.0 Å². The molecule has 0 bridgehead atoms. The van der Waals surface area contributed by atoms with E-state index in [1.54, 1.807) is 24.3 Å². The molecule has 0 aliphatic heterocycles. The van der Waals surface area contributed by atoms with Crippen molar-refractivity contribution in [2.75, 3.05) is 11.9 Å². The highest BCUT2D eigenvalue weighted by atomic mass is 35.5. The summed E-state index contributed by atoms with van der Waals surface area (Å²) in [5.74, 6) is -0.158. The zero-order valence-electron chi connectivity index (χ0n) is 16.2. The number of sulfonamides is 1. The van der Waals surface area contributed by atoms with Crippen molar-refractivity contribution in [3.05, 3.63) is 77.3 Å². The fourth-order valence-corrected chi connectivity index (χ4v) is 5.02. The summed E-state index contributed by atoms with van der Waals surface area (Å²) in [6.07, 6.45) is 5.10. The quantitative estimate of drug-likeness (QED) is 0.607. The average Bonchev–Trinajstić information content (AvgIpc) is 3.19. The van der Waals surface area contributed by atoms with Crippen LogP contribution in [0.4, 0.5) is 5.69 Å². The highest BCUT2D eigenvalue weighted by Crippen LogP contribution is 2.42. The smallest absolute Gasteiger partial charge is 0.235 e. The molecule has 0 saturated heterocycles. The fraction of sp³-hybridized carbons (Fsp3) is 0.318. The second kappa shape index (κ2) is 9.11. The Morgan fingerprint density at radius 2 is 1.69 bits per heavy atom. The summed E-state index contributed by atoms with van der Waals surface area (Å²) in [6, 6.07) is 14.4. The number of hydrogen-bond acceptors (Lipinski definition) is 3. The monoisotopic (exact) mass is 432 g/mol. The third kappa shape index (κ3) is 5.26. The molecule has 0 atom stereocenters. The largest absolute Gasteiger partial charge is 0.325 e. The molecule has 2 aromatic carbocycles. The normalized spacial score (nSPS) is 15.8. The number of nitrogens with one attached hydrogen (secondary N) is 2. The molecule has 0 spiro atoms. The zero-order valence-corrected chi connectivity index (χ0v) is 17.7. The van der Waals surface area contributed by atoms with Gasteiger partial charge in [-0.15, -0.1) is 6.58 Å². The van der Waals surface area contributed by atoms with E-state index in [0.29, 0.717) is 16.3 Å². The lowest BCUT2D eigenvalue weighted by Gasteiger charge is -2.28. The third-order valence-corrected chi connectivity index (χ3v) is 6.88. The lowest BCUT2D eigenvalue weighted by molar-refractivity contribution is -0.121. The molecule has 1 aliphatic rings. The molecule has 1 fully saturated rings. The van der Waals surface area contributed by atoms with E-state index in [4.69, 9.17) is 11.6 Å². The first-order valence-corrected chi connectivity index (χ1v) is 11.6. The number of anilines is 1. The number of carbonyl (C=O) groups is 1. The molecule has 7 heteroatoms. The number of halogens is 1. The van der Waals surface area contributed by atoms with Gasteiger partial charge in [-0.3, -0.25) is 4.79 Å².